The van der Waals surface area contributed by atoms with E-state index in [2.05, 4.69) is 12.1 Å². The zero-order valence-corrected chi connectivity index (χ0v) is 16.3. The van der Waals surface area contributed by atoms with E-state index in [1.54, 1.807) is 12.1 Å². The molecular weight excluding hydrogens is 354 g/mol. The van der Waals surface area contributed by atoms with Gasteiger partial charge in [0.2, 0.25) is 0 Å². The second kappa shape index (κ2) is 9.74. The van der Waals surface area contributed by atoms with Gasteiger partial charge in [-0.2, -0.15) is 0 Å². The lowest BCUT2D eigenvalue weighted by Gasteiger charge is -2.06. The molecule has 0 amide bonds. The largest absolute Gasteiger partial charge is 0.494 e. The molecule has 0 N–H and O–H groups in total. The second-order valence-corrected chi connectivity index (χ2v) is 6.58. The molecule has 1 aromatic heterocycles. The highest BCUT2D eigenvalue weighted by atomic mass is 16.5. The van der Waals surface area contributed by atoms with Gasteiger partial charge in [-0.3, -0.25) is 0 Å². The molecule has 0 bridgehead atoms. The van der Waals surface area contributed by atoms with E-state index >= 15 is 0 Å². The first-order valence-corrected chi connectivity index (χ1v) is 9.60. The molecule has 2 aromatic carbocycles. The van der Waals surface area contributed by atoms with Gasteiger partial charge >= 0.3 is 5.97 Å². The maximum Gasteiger partial charge on any atom is 0.337 e. The Morgan fingerprint density at radius 2 is 1.68 bits per heavy atom. The van der Waals surface area contributed by atoms with Crippen LogP contribution in [-0.2, 0) is 4.74 Å². The summed E-state index contributed by atoms with van der Waals surface area (Å²) in [6.07, 6.45) is 4.76. The standard InChI is InChI=1S/C23H25NO4/c1-3-4-5-6-15-27-20-13-11-18(12-14-20)22-16-21(24-28-22)17-7-9-19(10-8-17)23(25)26-2/h7-14,16H,3-6,15H2,1-2H3. The summed E-state index contributed by atoms with van der Waals surface area (Å²) in [7, 11) is 1.36. The van der Waals surface area contributed by atoms with Crippen LogP contribution in [0.5, 0.6) is 5.75 Å². The number of hydrogen-bond acceptors (Lipinski definition) is 5. The summed E-state index contributed by atoms with van der Waals surface area (Å²) in [6.45, 7) is 2.94. The molecule has 0 aliphatic heterocycles. The van der Waals surface area contributed by atoms with Crippen molar-refractivity contribution in [2.24, 2.45) is 0 Å². The zero-order chi connectivity index (χ0) is 19.8. The van der Waals surface area contributed by atoms with E-state index in [4.69, 9.17) is 14.0 Å². The minimum Gasteiger partial charge on any atom is -0.494 e. The molecule has 28 heavy (non-hydrogen) atoms. The van der Waals surface area contributed by atoms with Gasteiger partial charge in [0.25, 0.3) is 0 Å². The lowest BCUT2D eigenvalue weighted by Crippen LogP contribution is -2.00. The van der Waals surface area contributed by atoms with Crippen LogP contribution >= 0.6 is 0 Å². The number of methoxy groups -OCH3 is 1. The maximum absolute atomic E-state index is 11.5. The van der Waals surface area contributed by atoms with Crippen LogP contribution < -0.4 is 4.74 Å². The number of ether oxygens (including phenoxy) is 2. The van der Waals surface area contributed by atoms with Crippen molar-refractivity contribution >= 4 is 5.97 Å². The van der Waals surface area contributed by atoms with Crippen LogP contribution in [0.4, 0.5) is 0 Å². The first kappa shape index (κ1) is 19.7. The molecule has 0 saturated carbocycles. The van der Waals surface area contributed by atoms with Gasteiger partial charge in [-0.1, -0.05) is 43.5 Å². The van der Waals surface area contributed by atoms with Gasteiger partial charge in [-0.25, -0.2) is 4.79 Å². The summed E-state index contributed by atoms with van der Waals surface area (Å²) in [5.74, 6) is 1.18. The topological polar surface area (TPSA) is 61.6 Å². The molecule has 146 valence electrons. The summed E-state index contributed by atoms with van der Waals surface area (Å²) < 4.78 is 16.0. The fourth-order valence-corrected chi connectivity index (χ4v) is 2.88. The van der Waals surface area contributed by atoms with Crippen LogP contribution in [0, 0.1) is 0 Å². The normalized spacial score (nSPS) is 10.6. The number of nitrogens with zero attached hydrogens (tertiary/aromatic N) is 1. The average Bonchev–Trinajstić information content (AvgIpc) is 3.24. The van der Waals surface area contributed by atoms with Gasteiger partial charge in [-0.15, -0.1) is 0 Å². The number of carbonyl (C=O) groups is 1. The van der Waals surface area contributed by atoms with Gasteiger partial charge in [0.05, 0.1) is 19.3 Å². The maximum atomic E-state index is 11.5. The summed E-state index contributed by atoms with van der Waals surface area (Å²) in [6, 6.07) is 16.8. The molecule has 5 heteroatoms. The van der Waals surface area contributed by atoms with Gasteiger partial charge in [-0.05, 0) is 42.8 Å². The molecule has 0 aliphatic rings. The Hall–Kier alpha value is -3.08. The fourth-order valence-electron chi connectivity index (χ4n) is 2.88. The quantitative estimate of drug-likeness (QED) is 0.350. The lowest BCUT2D eigenvalue weighted by molar-refractivity contribution is 0.0601. The number of rotatable bonds is 9. The van der Waals surface area contributed by atoms with Gasteiger partial charge < -0.3 is 14.0 Å². The Bertz CT molecular complexity index is 882. The van der Waals surface area contributed by atoms with Crippen molar-refractivity contribution in [3.63, 3.8) is 0 Å². The number of unbranched alkanes of at least 4 members (excludes halogenated alkanes) is 3. The van der Waals surface area contributed by atoms with Gasteiger partial charge in [0.15, 0.2) is 5.76 Å². The Balaban J connectivity index is 1.62. The van der Waals surface area contributed by atoms with Crippen molar-refractivity contribution in [2.45, 2.75) is 32.6 Å². The molecule has 1 heterocycles. The highest BCUT2D eigenvalue weighted by Crippen LogP contribution is 2.27. The van der Waals surface area contributed by atoms with E-state index < -0.39 is 0 Å². The monoisotopic (exact) mass is 379 g/mol. The van der Waals surface area contributed by atoms with Crippen molar-refractivity contribution in [3.8, 4) is 28.3 Å². The van der Waals surface area contributed by atoms with Crippen molar-refractivity contribution in [2.75, 3.05) is 13.7 Å². The Morgan fingerprint density at radius 1 is 0.964 bits per heavy atom. The molecule has 0 unspecified atom stereocenters. The minimum absolute atomic E-state index is 0.361. The molecule has 0 radical (unpaired) electrons. The minimum atomic E-state index is -0.361. The smallest absolute Gasteiger partial charge is 0.337 e. The van der Waals surface area contributed by atoms with E-state index in [9.17, 15) is 4.79 Å². The third-order valence-corrected chi connectivity index (χ3v) is 4.52. The molecular formula is C23H25NO4. The summed E-state index contributed by atoms with van der Waals surface area (Å²) in [5, 5.41) is 4.14. The van der Waals surface area contributed by atoms with Crippen molar-refractivity contribution in [1.29, 1.82) is 0 Å². The lowest BCUT2D eigenvalue weighted by atomic mass is 10.1. The van der Waals surface area contributed by atoms with E-state index in [-0.39, 0.29) is 5.97 Å². The predicted octanol–water partition coefficient (Wildman–Crippen LogP) is 5.75. The SMILES string of the molecule is CCCCCCOc1ccc(-c2cc(-c3ccc(C(=O)OC)cc3)no2)cc1. The Labute approximate surface area is 165 Å². The summed E-state index contributed by atoms with van der Waals surface area (Å²) in [4.78, 5) is 11.5. The Kier molecular flexibility index (Phi) is 6.84. The van der Waals surface area contributed by atoms with Crippen molar-refractivity contribution in [1.82, 2.24) is 5.16 Å². The van der Waals surface area contributed by atoms with Crippen molar-refractivity contribution in [3.05, 3.63) is 60.2 Å². The number of hydrogen-bond donors (Lipinski definition) is 0. The van der Waals surface area contributed by atoms with Gasteiger partial charge in [0, 0.05) is 17.2 Å². The first-order valence-electron chi connectivity index (χ1n) is 9.60. The van der Waals surface area contributed by atoms with E-state index in [0.29, 0.717) is 17.0 Å². The predicted molar refractivity (Wildman–Crippen MR) is 108 cm³/mol. The third kappa shape index (κ3) is 5.00. The summed E-state index contributed by atoms with van der Waals surface area (Å²) in [5.41, 5.74) is 3.01. The van der Waals surface area contributed by atoms with Crippen molar-refractivity contribution < 1.29 is 18.8 Å². The zero-order valence-electron chi connectivity index (χ0n) is 16.3. The molecule has 0 aliphatic carbocycles. The number of benzene rings is 2. The molecule has 0 atom stereocenters. The third-order valence-electron chi connectivity index (χ3n) is 4.52. The van der Waals surface area contributed by atoms with Crippen LogP contribution in [0.3, 0.4) is 0 Å². The number of carbonyl (C=O) groups excluding carboxylic acids is 1. The fraction of sp³-hybridized carbons (Fsp3) is 0.304. The molecule has 0 spiro atoms. The van der Waals surface area contributed by atoms with Gasteiger partial charge in [0.1, 0.15) is 11.4 Å². The molecule has 3 aromatic rings. The first-order chi connectivity index (χ1) is 13.7. The summed E-state index contributed by atoms with van der Waals surface area (Å²) >= 11 is 0. The highest BCUT2D eigenvalue weighted by molar-refractivity contribution is 5.89. The van der Waals surface area contributed by atoms with Crippen LogP contribution in [0.1, 0.15) is 43.0 Å². The van der Waals surface area contributed by atoms with Crippen LogP contribution in [0.2, 0.25) is 0 Å². The number of esters is 1. The van der Waals surface area contributed by atoms with E-state index in [0.717, 1.165) is 29.9 Å². The van der Waals surface area contributed by atoms with Crippen LogP contribution in [0.15, 0.2) is 59.1 Å². The average molecular weight is 379 g/mol. The van der Waals surface area contributed by atoms with E-state index in [1.807, 2.05) is 42.5 Å². The molecule has 3 rings (SSSR count). The van der Waals surface area contributed by atoms with E-state index in [1.165, 1.54) is 26.4 Å². The van der Waals surface area contributed by atoms with Crippen LogP contribution in [-0.4, -0.2) is 24.8 Å². The second-order valence-electron chi connectivity index (χ2n) is 6.58. The molecule has 0 fully saturated rings. The highest BCUT2D eigenvalue weighted by Gasteiger charge is 2.10. The Morgan fingerprint density at radius 3 is 2.36 bits per heavy atom. The molecule has 5 nitrogen and oxygen atoms in total. The van der Waals surface area contributed by atoms with Crippen LogP contribution in [0.25, 0.3) is 22.6 Å². The molecule has 0 saturated heterocycles. The number of aromatic nitrogens is 1.